The third-order valence-corrected chi connectivity index (χ3v) is 5.25. The average Bonchev–Trinajstić information content (AvgIpc) is 3.25. The molecule has 2 fully saturated rings. The Bertz CT molecular complexity index is 755. The predicted octanol–water partition coefficient (Wildman–Crippen LogP) is 1.30. The van der Waals surface area contributed by atoms with Gasteiger partial charge in [-0.3, -0.25) is 4.79 Å². The Balaban J connectivity index is 0.00000544. The minimum atomic E-state index is -1.16. The van der Waals surface area contributed by atoms with E-state index >= 15 is 0 Å². The van der Waals surface area contributed by atoms with Crippen molar-refractivity contribution in [2.75, 3.05) is 19.8 Å². The maximum Gasteiger partial charge on any atom is 0.381 e. The summed E-state index contributed by atoms with van der Waals surface area (Å²) in [6.45, 7) is 14.1. The Morgan fingerprint density at radius 1 is 1.21 bits per heavy atom. The van der Waals surface area contributed by atoms with Gasteiger partial charge >= 0.3 is 12.1 Å². The van der Waals surface area contributed by atoms with E-state index in [1.165, 1.54) is 4.90 Å². The summed E-state index contributed by atoms with van der Waals surface area (Å²) in [6, 6.07) is -0.867. The van der Waals surface area contributed by atoms with Crippen molar-refractivity contribution in [3.8, 4) is 0 Å². The molecule has 2 rings (SSSR count). The third-order valence-electron chi connectivity index (χ3n) is 5.25. The van der Waals surface area contributed by atoms with Gasteiger partial charge in [0.25, 0.3) is 0 Å². The second kappa shape index (κ2) is 12.1. The van der Waals surface area contributed by atoms with E-state index in [0.717, 1.165) is 6.54 Å². The number of likely N-dealkylation sites (tertiary alicyclic amines) is 1. The molecule has 0 unspecified atom stereocenters. The molecule has 1 aliphatic carbocycles. The molecule has 0 bridgehead atoms. The van der Waals surface area contributed by atoms with Gasteiger partial charge in [-0.05, 0) is 41.0 Å². The first-order valence-electron chi connectivity index (χ1n) is 10.8. The number of amides is 3. The molecule has 1 saturated carbocycles. The predicted molar refractivity (Wildman–Crippen MR) is 115 cm³/mol. The van der Waals surface area contributed by atoms with Crippen molar-refractivity contribution in [3.05, 3.63) is 19.2 Å². The average molecular weight is 691 g/mol. The standard InChI is InChI=1S/C22H34N3O7.U/c1-7-14-11-22(14,19(28)31-9-3)24-18(27)16-10-15(30-8-2)13-25(16)17(26)12-23-20(29)32-21(4,5)6;/h7,12,14-16H,1,8-11,13H2,2-6H3,(H,23,29)(H,24,27);/q-1;/t14-,15-,16+,22-;/m1./s1. The molecule has 0 aromatic heterocycles. The van der Waals surface area contributed by atoms with Crippen LogP contribution in [-0.4, -0.2) is 71.8 Å². The van der Waals surface area contributed by atoms with Gasteiger partial charge in [-0.15, -0.1) is 6.58 Å². The van der Waals surface area contributed by atoms with Gasteiger partial charge < -0.3 is 34.5 Å². The van der Waals surface area contributed by atoms with Crippen LogP contribution in [0.15, 0.2) is 12.7 Å². The molecule has 0 radical (unpaired) electrons. The maximum atomic E-state index is 13.1. The summed E-state index contributed by atoms with van der Waals surface area (Å²) in [7, 11) is 0. The summed E-state index contributed by atoms with van der Waals surface area (Å²) in [5.74, 6) is -1.81. The molecule has 2 N–H and O–H groups in total. The maximum absolute atomic E-state index is 13.1. The van der Waals surface area contributed by atoms with Crippen molar-refractivity contribution in [2.45, 2.75) is 70.7 Å². The van der Waals surface area contributed by atoms with Crippen LogP contribution >= 0.6 is 0 Å². The minimum absolute atomic E-state index is 0. The van der Waals surface area contributed by atoms with Crippen LogP contribution in [0.3, 0.4) is 0 Å². The fourth-order valence-electron chi connectivity index (χ4n) is 3.72. The van der Waals surface area contributed by atoms with Crippen LogP contribution in [0.4, 0.5) is 4.79 Å². The second-order valence-corrected chi connectivity index (χ2v) is 8.84. The number of carbonyl (C=O) groups excluding carboxylic acids is 4. The Kier molecular flexibility index (Phi) is 10.8. The van der Waals surface area contributed by atoms with Crippen molar-refractivity contribution >= 4 is 23.9 Å². The van der Waals surface area contributed by atoms with Crippen molar-refractivity contribution in [1.82, 2.24) is 15.5 Å². The summed E-state index contributed by atoms with van der Waals surface area (Å²) >= 11 is 0. The van der Waals surface area contributed by atoms with E-state index in [9.17, 15) is 19.2 Å². The minimum Gasteiger partial charge on any atom is -0.464 e. The monoisotopic (exact) mass is 690 g/mol. The number of hydrogen-bond donors (Lipinski definition) is 2. The van der Waals surface area contributed by atoms with E-state index in [4.69, 9.17) is 14.2 Å². The number of ether oxygens (including phenoxy) is 3. The number of rotatable bonds is 9. The molecule has 4 atom stereocenters. The van der Waals surface area contributed by atoms with Crippen LogP contribution in [0.5, 0.6) is 0 Å². The number of hydrogen-bond acceptors (Lipinski definition) is 7. The second-order valence-electron chi connectivity index (χ2n) is 8.84. The Labute approximate surface area is 218 Å². The van der Waals surface area contributed by atoms with E-state index in [0.29, 0.717) is 13.0 Å². The fourth-order valence-corrected chi connectivity index (χ4v) is 3.72. The molecule has 10 nitrogen and oxygen atoms in total. The van der Waals surface area contributed by atoms with Crippen LogP contribution < -0.4 is 10.6 Å². The molecule has 0 aromatic rings. The molecule has 184 valence electrons. The first-order valence-corrected chi connectivity index (χ1v) is 10.8. The van der Waals surface area contributed by atoms with E-state index in [2.05, 4.69) is 17.2 Å². The van der Waals surface area contributed by atoms with E-state index in [1.54, 1.807) is 33.8 Å². The van der Waals surface area contributed by atoms with Crippen LogP contribution in [0.25, 0.3) is 0 Å². The molecule has 11 heteroatoms. The largest absolute Gasteiger partial charge is 0.464 e. The van der Waals surface area contributed by atoms with E-state index < -0.39 is 41.1 Å². The van der Waals surface area contributed by atoms with Crippen LogP contribution in [0, 0.1) is 43.6 Å². The van der Waals surface area contributed by atoms with Gasteiger partial charge in [0.2, 0.25) is 5.91 Å². The zero-order valence-corrected chi connectivity index (χ0v) is 24.1. The molecule has 2 aliphatic rings. The molecule has 1 saturated heterocycles. The number of nitrogens with one attached hydrogen (secondary N) is 2. The van der Waals surface area contributed by atoms with Crippen LogP contribution in [-0.2, 0) is 28.6 Å². The van der Waals surface area contributed by atoms with E-state index in [1.807, 2.05) is 6.92 Å². The van der Waals surface area contributed by atoms with Gasteiger partial charge in [0, 0.05) is 56.6 Å². The SMILES string of the molecule is C=C[C@@H]1C[C@]1(NC(=O)[C@@H]1C[C@@H](OCC)CN1C(=O)[CH-]NC(=O)OC(C)(C)C)C(=O)OCC.[U]. The number of alkyl carbamates (subject to hydrolysis) is 1. The summed E-state index contributed by atoms with van der Waals surface area (Å²) < 4.78 is 15.9. The fraction of sp³-hybridized carbons (Fsp3) is 0.682. The normalized spacial score (nSPS) is 25.8. The Morgan fingerprint density at radius 3 is 2.39 bits per heavy atom. The quantitative estimate of drug-likeness (QED) is 0.213. The first-order chi connectivity index (χ1) is 15.0. The molecular weight excluding hydrogens is 656 g/mol. The smallest absolute Gasteiger partial charge is 0.381 e. The summed E-state index contributed by atoms with van der Waals surface area (Å²) in [6.07, 6.45) is 1.14. The molecule has 1 aliphatic heterocycles. The van der Waals surface area contributed by atoms with Gasteiger partial charge in [-0.25, -0.2) is 16.1 Å². The first kappa shape index (κ1) is 29.3. The van der Waals surface area contributed by atoms with Crippen molar-refractivity contribution in [1.29, 1.82) is 0 Å². The zero-order valence-electron chi connectivity index (χ0n) is 19.9. The van der Waals surface area contributed by atoms with Gasteiger partial charge in [-0.1, -0.05) is 6.08 Å². The van der Waals surface area contributed by atoms with Gasteiger partial charge in [-0.2, -0.15) is 0 Å². The summed E-state index contributed by atoms with van der Waals surface area (Å²) in [5.41, 5.74) is -1.88. The van der Waals surface area contributed by atoms with E-state index in [-0.39, 0.29) is 62.7 Å². The number of carbonyl (C=O) groups is 4. The van der Waals surface area contributed by atoms with Crippen molar-refractivity contribution in [2.24, 2.45) is 5.92 Å². The molecule has 0 aromatic carbocycles. The third kappa shape index (κ3) is 7.66. The molecule has 33 heavy (non-hydrogen) atoms. The van der Waals surface area contributed by atoms with Crippen molar-refractivity contribution in [3.63, 3.8) is 0 Å². The van der Waals surface area contributed by atoms with Gasteiger partial charge in [0.1, 0.15) is 23.1 Å². The zero-order chi connectivity index (χ0) is 24.1. The van der Waals surface area contributed by atoms with Crippen LogP contribution in [0.1, 0.15) is 47.5 Å². The molecule has 3 amide bonds. The van der Waals surface area contributed by atoms with Crippen molar-refractivity contribution < 1.29 is 64.5 Å². The summed E-state index contributed by atoms with van der Waals surface area (Å²) in [5, 5.41) is 5.07. The van der Waals surface area contributed by atoms with Gasteiger partial charge in [0.15, 0.2) is 0 Å². The number of esters is 1. The molecule has 1 heterocycles. The van der Waals surface area contributed by atoms with Crippen LogP contribution in [0.2, 0.25) is 0 Å². The Morgan fingerprint density at radius 2 is 1.88 bits per heavy atom. The molecular formula is C22H34N3O7U-. The number of nitrogens with zero attached hydrogens (tertiary/aromatic N) is 1. The molecule has 0 spiro atoms. The Hall–Kier alpha value is -1.70. The topological polar surface area (TPSA) is 123 Å². The van der Waals surface area contributed by atoms with Gasteiger partial charge in [0.05, 0.1) is 12.7 Å². The summed E-state index contributed by atoms with van der Waals surface area (Å²) in [4.78, 5) is 51.5.